The minimum absolute atomic E-state index is 0.175. The maximum absolute atomic E-state index is 13.2. The lowest BCUT2D eigenvalue weighted by Crippen LogP contribution is -2.30. The fraction of sp³-hybridized carbons (Fsp3) is 0.500. The zero-order chi connectivity index (χ0) is 12.1. The van der Waals surface area contributed by atoms with Gasteiger partial charge < -0.3 is 5.32 Å². The van der Waals surface area contributed by atoms with Crippen molar-refractivity contribution in [3.63, 3.8) is 0 Å². The van der Waals surface area contributed by atoms with Crippen LogP contribution in [0.25, 0.3) is 0 Å². The van der Waals surface area contributed by atoms with Crippen LogP contribution < -0.4 is 5.32 Å². The summed E-state index contributed by atoms with van der Waals surface area (Å²) in [5, 5.41) is 3.22. The first kappa shape index (κ1) is 13.3. The molecule has 90 valence electrons. The highest BCUT2D eigenvalue weighted by Gasteiger charge is 2.04. The van der Waals surface area contributed by atoms with Crippen molar-refractivity contribution in [2.75, 3.05) is 12.0 Å². The van der Waals surface area contributed by atoms with Crippen molar-refractivity contribution in [2.24, 2.45) is 0 Å². The first-order chi connectivity index (χ1) is 7.49. The molecule has 0 aliphatic rings. The summed E-state index contributed by atoms with van der Waals surface area (Å²) in [6.45, 7) is 4.33. The molecule has 1 rings (SSSR count). The van der Waals surface area contributed by atoms with Crippen molar-refractivity contribution < 1.29 is 8.60 Å². The monoisotopic (exact) mass is 243 g/mol. The molecule has 0 radical (unpaired) electrons. The molecule has 0 saturated carbocycles. The molecule has 1 aromatic carbocycles. The van der Waals surface area contributed by atoms with E-state index >= 15 is 0 Å². The number of benzene rings is 1. The molecule has 1 aromatic rings. The van der Waals surface area contributed by atoms with Crippen LogP contribution in [-0.2, 0) is 17.3 Å². The lowest BCUT2D eigenvalue weighted by atomic mass is 10.1. The van der Waals surface area contributed by atoms with Gasteiger partial charge in [0.1, 0.15) is 5.82 Å². The van der Waals surface area contributed by atoms with Gasteiger partial charge in [-0.15, -0.1) is 0 Å². The van der Waals surface area contributed by atoms with E-state index in [9.17, 15) is 8.60 Å². The lowest BCUT2D eigenvalue weighted by Gasteiger charge is -2.12. The van der Waals surface area contributed by atoms with E-state index in [0.29, 0.717) is 17.9 Å². The Morgan fingerprint density at radius 1 is 1.50 bits per heavy atom. The largest absolute Gasteiger partial charge is 0.309 e. The summed E-state index contributed by atoms with van der Waals surface area (Å²) in [4.78, 5) is 0. The molecule has 0 aliphatic heterocycles. The Morgan fingerprint density at radius 3 is 2.75 bits per heavy atom. The van der Waals surface area contributed by atoms with Crippen LogP contribution in [0.15, 0.2) is 18.2 Å². The minimum Gasteiger partial charge on any atom is -0.309 e. The predicted octanol–water partition coefficient (Wildman–Crippen LogP) is 1.99. The number of hydrogen-bond donors (Lipinski definition) is 1. The number of hydrogen-bond acceptors (Lipinski definition) is 2. The SMILES string of the molecule is Cc1ccc(CNC(C)CS(C)=O)cc1F. The highest BCUT2D eigenvalue weighted by Crippen LogP contribution is 2.09. The van der Waals surface area contributed by atoms with Gasteiger partial charge in [0.15, 0.2) is 0 Å². The van der Waals surface area contributed by atoms with Crippen molar-refractivity contribution in [3.05, 3.63) is 35.1 Å². The fourth-order valence-corrected chi connectivity index (χ4v) is 2.27. The average Bonchev–Trinajstić information content (AvgIpc) is 2.19. The molecule has 0 saturated heterocycles. The lowest BCUT2D eigenvalue weighted by molar-refractivity contribution is 0.579. The number of rotatable bonds is 5. The van der Waals surface area contributed by atoms with E-state index in [-0.39, 0.29) is 11.9 Å². The van der Waals surface area contributed by atoms with Gasteiger partial charge in [0, 0.05) is 35.4 Å². The maximum Gasteiger partial charge on any atom is 0.126 e. The Hall–Kier alpha value is -0.740. The van der Waals surface area contributed by atoms with Crippen LogP contribution in [0.5, 0.6) is 0 Å². The molecule has 1 N–H and O–H groups in total. The van der Waals surface area contributed by atoms with Crippen LogP contribution >= 0.6 is 0 Å². The van der Waals surface area contributed by atoms with Gasteiger partial charge in [-0.1, -0.05) is 12.1 Å². The van der Waals surface area contributed by atoms with Crippen LogP contribution in [-0.4, -0.2) is 22.3 Å². The second-order valence-electron chi connectivity index (χ2n) is 4.11. The summed E-state index contributed by atoms with van der Waals surface area (Å²) in [7, 11) is -0.798. The van der Waals surface area contributed by atoms with Crippen LogP contribution in [0.2, 0.25) is 0 Å². The summed E-state index contributed by atoms with van der Waals surface area (Å²) < 4.78 is 24.2. The van der Waals surface area contributed by atoms with E-state index in [4.69, 9.17) is 0 Å². The Bertz CT molecular complexity index is 381. The van der Waals surface area contributed by atoms with E-state index < -0.39 is 10.8 Å². The van der Waals surface area contributed by atoms with E-state index in [0.717, 1.165) is 5.56 Å². The zero-order valence-electron chi connectivity index (χ0n) is 9.92. The highest BCUT2D eigenvalue weighted by molar-refractivity contribution is 7.84. The second kappa shape index (κ2) is 6.11. The van der Waals surface area contributed by atoms with Crippen molar-refractivity contribution in [1.82, 2.24) is 5.32 Å². The molecular weight excluding hydrogens is 225 g/mol. The third kappa shape index (κ3) is 4.41. The summed E-state index contributed by atoms with van der Waals surface area (Å²) in [6.07, 6.45) is 1.68. The van der Waals surface area contributed by atoms with Gasteiger partial charge in [0.05, 0.1) is 0 Å². The molecule has 0 amide bonds. The molecular formula is C12H18FNOS. The molecule has 0 aliphatic carbocycles. The van der Waals surface area contributed by atoms with E-state index in [2.05, 4.69) is 5.32 Å². The molecule has 16 heavy (non-hydrogen) atoms. The van der Waals surface area contributed by atoms with Crippen molar-refractivity contribution in [1.29, 1.82) is 0 Å². The summed E-state index contributed by atoms with van der Waals surface area (Å²) >= 11 is 0. The Balaban J connectivity index is 2.48. The van der Waals surface area contributed by atoms with Crippen LogP contribution in [0.4, 0.5) is 4.39 Å². The van der Waals surface area contributed by atoms with E-state index in [1.807, 2.05) is 13.0 Å². The summed E-state index contributed by atoms with van der Waals surface area (Å²) in [5.74, 6) is 0.444. The molecule has 0 aromatic heterocycles. The Kier molecular flexibility index (Phi) is 5.09. The highest BCUT2D eigenvalue weighted by atomic mass is 32.2. The number of aryl methyl sites for hydroxylation is 1. The molecule has 0 spiro atoms. The molecule has 0 heterocycles. The molecule has 0 fully saturated rings. The maximum atomic E-state index is 13.2. The van der Waals surface area contributed by atoms with E-state index in [1.54, 1.807) is 19.2 Å². The van der Waals surface area contributed by atoms with Gasteiger partial charge in [-0.05, 0) is 31.0 Å². The normalized spacial score (nSPS) is 14.8. The standard InChI is InChI=1S/C12H18FNOS/c1-9-4-5-11(6-12(9)13)7-14-10(2)8-16(3)15/h4-6,10,14H,7-8H2,1-3H3. The predicted molar refractivity (Wildman–Crippen MR) is 66.4 cm³/mol. The number of nitrogens with one attached hydrogen (secondary N) is 1. The van der Waals surface area contributed by atoms with Gasteiger partial charge in [-0.25, -0.2) is 4.39 Å². The number of halogens is 1. The summed E-state index contributed by atoms with van der Waals surface area (Å²) in [5.41, 5.74) is 1.57. The van der Waals surface area contributed by atoms with Gasteiger partial charge in [-0.2, -0.15) is 0 Å². The third-order valence-electron chi connectivity index (χ3n) is 2.38. The Morgan fingerprint density at radius 2 is 2.19 bits per heavy atom. The van der Waals surface area contributed by atoms with Crippen LogP contribution in [0.3, 0.4) is 0 Å². The van der Waals surface area contributed by atoms with Crippen LogP contribution in [0, 0.1) is 12.7 Å². The fourth-order valence-electron chi connectivity index (χ4n) is 1.45. The van der Waals surface area contributed by atoms with Gasteiger partial charge in [0.2, 0.25) is 0 Å². The van der Waals surface area contributed by atoms with Gasteiger partial charge in [0.25, 0.3) is 0 Å². The third-order valence-corrected chi connectivity index (χ3v) is 3.35. The molecule has 0 bridgehead atoms. The molecule has 4 heteroatoms. The smallest absolute Gasteiger partial charge is 0.126 e. The van der Waals surface area contributed by atoms with Gasteiger partial charge >= 0.3 is 0 Å². The van der Waals surface area contributed by atoms with E-state index in [1.165, 1.54) is 6.07 Å². The second-order valence-corrected chi connectivity index (χ2v) is 5.59. The minimum atomic E-state index is -0.798. The summed E-state index contributed by atoms with van der Waals surface area (Å²) in [6, 6.07) is 5.39. The molecule has 2 nitrogen and oxygen atoms in total. The van der Waals surface area contributed by atoms with Gasteiger partial charge in [-0.3, -0.25) is 4.21 Å². The first-order valence-corrected chi connectivity index (χ1v) is 7.00. The quantitative estimate of drug-likeness (QED) is 0.857. The molecule has 2 atom stereocenters. The van der Waals surface area contributed by atoms with Crippen molar-refractivity contribution >= 4 is 10.8 Å². The van der Waals surface area contributed by atoms with Crippen molar-refractivity contribution in [3.8, 4) is 0 Å². The first-order valence-electron chi connectivity index (χ1n) is 5.27. The Labute approximate surface area is 98.7 Å². The van der Waals surface area contributed by atoms with Crippen LogP contribution in [0.1, 0.15) is 18.1 Å². The average molecular weight is 243 g/mol. The molecule has 2 unspecified atom stereocenters. The zero-order valence-corrected chi connectivity index (χ0v) is 10.7. The topological polar surface area (TPSA) is 29.1 Å². The van der Waals surface area contributed by atoms with Crippen molar-refractivity contribution in [2.45, 2.75) is 26.4 Å².